The fraction of sp³-hybridized carbons (Fsp3) is 0.300. The Kier molecular flexibility index (Phi) is 5.50. The molecule has 0 unspecified atom stereocenters. The van der Waals surface area contributed by atoms with Crippen molar-refractivity contribution in [2.24, 2.45) is 0 Å². The van der Waals surface area contributed by atoms with Gasteiger partial charge in [-0.3, -0.25) is 10.9 Å². The molecule has 1 aromatic rings. The van der Waals surface area contributed by atoms with Crippen molar-refractivity contribution in [3.05, 3.63) is 30.3 Å². The molecular weight excluding hydrogens is 210 g/mol. The number of anilines is 1. The highest BCUT2D eigenvalue weighted by atomic mass is 32.1. The molecule has 0 heterocycles. The van der Waals surface area contributed by atoms with Crippen LogP contribution in [0.1, 0.15) is 0 Å². The lowest BCUT2D eigenvalue weighted by Gasteiger charge is -2.11. The molecule has 0 saturated carbocycles. The van der Waals surface area contributed by atoms with Gasteiger partial charge in [0.2, 0.25) is 0 Å². The van der Waals surface area contributed by atoms with Gasteiger partial charge in [-0.15, -0.1) is 0 Å². The molecular formula is C10H15N3OS. The van der Waals surface area contributed by atoms with Crippen LogP contribution in [-0.4, -0.2) is 25.4 Å². The summed E-state index contributed by atoms with van der Waals surface area (Å²) in [6.45, 7) is 1.33. The average molecular weight is 225 g/mol. The van der Waals surface area contributed by atoms with Crippen molar-refractivity contribution in [1.29, 1.82) is 0 Å². The second kappa shape index (κ2) is 7.03. The van der Waals surface area contributed by atoms with Gasteiger partial charge in [0.1, 0.15) is 0 Å². The molecule has 5 heteroatoms. The van der Waals surface area contributed by atoms with E-state index in [0.29, 0.717) is 18.3 Å². The fourth-order valence-electron chi connectivity index (χ4n) is 0.961. The summed E-state index contributed by atoms with van der Waals surface area (Å²) in [4.78, 5) is 0. The first-order chi connectivity index (χ1) is 7.33. The quantitative estimate of drug-likeness (QED) is 0.398. The molecule has 1 rings (SSSR count). The summed E-state index contributed by atoms with van der Waals surface area (Å²) in [5.41, 5.74) is 6.82. The topological polar surface area (TPSA) is 45.3 Å². The van der Waals surface area contributed by atoms with Gasteiger partial charge in [0.25, 0.3) is 0 Å². The Morgan fingerprint density at radius 1 is 1.33 bits per heavy atom. The summed E-state index contributed by atoms with van der Waals surface area (Å²) < 4.78 is 4.88. The van der Waals surface area contributed by atoms with E-state index in [1.165, 1.54) is 0 Å². The highest BCUT2D eigenvalue weighted by molar-refractivity contribution is 7.80. The van der Waals surface area contributed by atoms with Crippen molar-refractivity contribution in [1.82, 2.24) is 10.7 Å². The number of methoxy groups -OCH3 is 1. The molecule has 0 aliphatic rings. The maximum atomic E-state index is 5.03. The number of hydrogen-bond acceptors (Lipinski definition) is 3. The Bertz CT molecular complexity index is 292. The molecule has 0 bridgehead atoms. The molecule has 0 saturated heterocycles. The molecule has 3 N–H and O–H groups in total. The van der Waals surface area contributed by atoms with Crippen LogP contribution in [0, 0.1) is 0 Å². The predicted molar refractivity (Wildman–Crippen MR) is 65.7 cm³/mol. The van der Waals surface area contributed by atoms with Gasteiger partial charge >= 0.3 is 0 Å². The number of nitrogens with one attached hydrogen (secondary N) is 3. The lowest BCUT2D eigenvalue weighted by atomic mass is 10.3. The van der Waals surface area contributed by atoms with Gasteiger partial charge in [-0.25, -0.2) is 0 Å². The summed E-state index contributed by atoms with van der Waals surface area (Å²) in [6.07, 6.45) is 0. The number of hydrazine groups is 1. The number of para-hydroxylation sites is 1. The molecule has 0 fully saturated rings. The zero-order chi connectivity index (χ0) is 10.9. The van der Waals surface area contributed by atoms with Crippen LogP contribution in [0.2, 0.25) is 0 Å². The third kappa shape index (κ3) is 5.19. The highest BCUT2D eigenvalue weighted by Gasteiger charge is 1.93. The Labute approximate surface area is 95.0 Å². The minimum atomic E-state index is 0.552. The molecule has 0 aliphatic carbocycles. The zero-order valence-electron chi connectivity index (χ0n) is 8.62. The molecule has 4 nitrogen and oxygen atoms in total. The van der Waals surface area contributed by atoms with Crippen molar-refractivity contribution >= 4 is 23.0 Å². The average Bonchev–Trinajstić information content (AvgIpc) is 2.28. The third-order valence-electron chi connectivity index (χ3n) is 1.69. The maximum Gasteiger partial charge on any atom is 0.185 e. The Morgan fingerprint density at radius 2 is 2.07 bits per heavy atom. The second-order valence-corrected chi connectivity index (χ2v) is 3.27. The maximum absolute atomic E-state index is 5.03. The minimum Gasteiger partial charge on any atom is -0.383 e. The largest absolute Gasteiger partial charge is 0.383 e. The Hall–Kier alpha value is -1.33. The van der Waals surface area contributed by atoms with E-state index >= 15 is 0 Å². The molecule has 0 aliphatic heterocycles. The first-order valence-corrected chi connectivity index (χ1v) is 5.07. The van der Waals surface area contributed by atoms with Gasteiger partial charge < -0.3 is 10.1 Å². The molecule has 0 spiro atoms. The molecule has 15 heavy (non-hydrogen) atoms. The third-order valence-corrected chi connectivity index (χ3v) is 1.93. The van der Waals surface area contributed by atoms with Crippen LogP contribution in [0.25, 0.3) is 0 Å². The predicted octanol–water partition coefficient (Wildman–Crippen LogP) is 1.12. The molecule has 1 aromatic carbocycles. The van der Waals surface area contributed by atoms with Gasteiger partial charge in [0.15, 0.2) is 5.11 Å². The minimum absolute atomic E-state index is 0.552. The van der Waals surface area contributed by atoms with Gasteiger partial charge in [0.05, 0.1) is 12.3 Å². The van der Waals surface area contributed by atoms with Crippen molar-refractivity contribution in [3.8, 4) is 0 Å². The molecule has 0 amide bonds. The number of thiocarbonyl (C=S) groups is 1. The number of rotatable bonds is 5. The number of hydrogen-bond donors (Lipinski definition) is 3. The smallest absolute Gasteiger partial charge is 0.185 e. The lowest BCUT2D eigenvalue weighted by Crippen LogP contribution is -2.40. The van der Waals surface area contributed by atoms with Crippen LogP contribution in [0.5, 0.6) is 0 Å². The summed E-state index contributed by atoms with van der Waals surface area (Å²) in [7, 11) is 1.65. The SMILES string of the molecule is COCCNC(=S)NNc1ccccc1. The van der Waals surface area contributed by atoms with Crippen LogP contribution in [0.3, 0.4) is 0 Å². The van der Waals surface area contributed by atoms with E-state index in [1.807, 2.05) is 30.3 Å². The highest BCUT2D eigenvalue weighted by Crippen LogP contribution is 2.01. The first-order valence-electron chi connectivity index (χ1n) is 4.67. The van der Waals surface area contributed by atoms with Crippen LogP contribution in [-0.2, 0) is 4.74 Å². The van der Waals surface area contributed by atoms with E-state index in [9.17, 15) is 0 Å². The standard InChI is InChI=1S/C10H15N3OS/c1-14-8-7-11-10(15)13-12-9-5-3-2-4-6-9/h2-6,12H,7-8H2,1H3,(H2,11,13,15). The van der Waals surface area contributed by atoms with Crippen LogP contribution < -0.4 is 16.2 Å². The van der Waals surface area contributed by atoms with Crippen molar-refractivity contribution in [2.45, 2.75) is 0 Å². The van der Waals surface area contributed by atoms with Crippen LogP contribution >= 0.6 is 12.2 Å². The number of benzene rings is 1. The van der Waals surface area contributed by atoms with E-state index in [0.717, 1.165) is 5.69 Å². The van der Waals surface area contributed by atoms with Gasteiger partial charge in [0, 0.05) is 13.7 Å². The number of ether oxygens (including phenoxy) is 1. The first kappa shape index (κ1) is 11.7. The molecule has 0 atom stereocenters. The van der Waals surface area contributed by atoms with Crippen molar-refractivity contribution in [2.75, 3.05) is 25.7 Å². The van der Waals surface area contributed by atoms with Crippen LogP contribution in [0.15, 0.2) is 30.3 Å². The van der Waals surface area contributed by atoms with E-state index in [4.69, 9.17) is 17.0 Å². The van der Waals surface area contributed by atoms with Crippen molar-refractivity contribution in [3.63, 3.8) is 0 Å². The van der Waals surface area contributed by atoms with E-state index in [1.54, 1.807) is 7.11 Å². The lowest BCUT2D eigenvalue weighted by molar-refractivity contribution is 0.204. The molecule has 82 valence electrons. The second-order valence-electron chi connectivity index (χ2n) is 2.86. The van der Waals surface area contributed by atoms with E-state index in [2.05, 4.69) is 16.2 Å². The Balaban J connectivity index is 2.17. The zero-order valence-corrected chi connectivity index (χ0v) is 9.43. The molecule has 0 radical (unpaired) electrons. The molecule has 0 aromatic heterocycles. The van der Waals surface area contributed by atoms with Crippen LogP contribution in [0.4, 0.5) is 5.69 Å². The Morgan fingerprint density at radius 3 is 2.73 bits per heavy atom. The van der Waals surface area contributed by atoms with E-state index in [-0.39, 0.29) is 0 Å². The monoisotopic (exact) mass is 225 g/mol. The summed E-state index contributed by atoms with van der Waals surface area (Å²) in [5, 5.41) is 3.54. The fourth-order valence-corrected chi connectivity index (χ4v) is 1.11. The van der Waals surface area contributed by atoms with Crippen molar-refractivity contribution < 1.29 is 4.74 Å². The van der Waals surface area contributed by atoms with E-state index < -0.39 is 0 Å². The van der Waals surface area contributed by atoms with Gasteiger partial charge in [-0.2, -0.15) is 0 Å². The normalized spacial score (nSPS) is 9.40. The van der Waals surface area contributed by atoms with Gasteiger partial charge in [-0.05, 0) is 24.4 Å². The summed E-state index contributed by atoms with van der Waals surface area (Å²) in [5.74, 6) is 0. The summed E-state index contributed by atoms with van der Waals surface area (Å²) >= 11 is 5.03. The summed E-state index contributed by atoms with van der Waals surface area (Å²) in [6, 6.07) is 9.76. The van der Waals surface area contributed by atoms with Gasteiger partial charge in [-0.1, -0.05) is 18.2 Å².